The van der Waals surface area contributed by atoms with Crippen molar-refractivity contribution in [1.82, 2.24) is 10.2 Å². The van der Waals surface area contributed by atoms with Crippen molar-refractivity contribution < 1.29 is 8.78 Å². The minimum Gasteiger partial charge on any atom is -0.307 e. The molecule has 2 rings (SSSR count). The molecule has 0 amide bonds. The van der Waals surface area contributed by atoms with Gasteiger partial charge in [-0.3, -0.25) is 0 Å². The lowest BCUT2D eigenvalue weighted by Crippen LogP contribution is -2.44. The van der Waals surface area contributed by atoms with Crippen molar-refractivity contribution in [2.75, 3.05) is 19.6 Å². The Morgan fingerprint density at radius 3 is 2.43 bits per heavy atom. The normalized spacial score (nSPS) is 19.1. The summed E-state index contributed by atoms with van der Waals surface area (Å²) in [6, 6.07) is 4.14. The highest BCUT2D eigenvalue weighted by molar-refractivity contribution is 5.21. The summed E-state index contributed by atoms with van der Waals surface area (Å²) in [4.78, 5) is 2.49. The Kier molecular flexibility index (Phi) is 5.71. The van der Waals surface area contributed by atoms with E-state index in [0.29, 0.717) is 17.5 Å². The fourth-order valence-corrected chi connectivity index (χ4v) is 3.09. The van der Waals surface area contributed by atoms with Gasteiger partial charge in [-0.2, -0.15) is 0 Å². The molecule has 1 aromatic carbocycles. The molecule has 0 aliphatic carbocycles. The molecule has 1 unspecified atom stereocenters. The van der Waals surface area contributed by atoms with Crippen molar-refractivity contribution in [2.24, 2.45) is 5.92 Å². The van der Waals surface area contributed by atoms with E-state index in [1.165, 1.54) is 12.1 Å². The first-order valence-corrected chi connectivity index (χ1v) is 7.89. The monoisotopic (exact) mass is 296 g/mol. The molecule has 0 radical (unpaired) electrons. The molecule has 2 nitrogen and oxygen atoms in total. The molecule has 1 atom stereocenters. The van der Waals surface area contributed by atoms with Crippen LogP contribution in [0.1, 0.15) is 45.2 Å². The van der Waals surface area contributed by atoms with Gasteiger partial charge in [0.1, 0.15) is 11.6 Å². The van der Waals surface area contributed by atoms with Gasteiger partial charge in [0.2, 0.25) is 0 Å². The third kappa shape index (κ3) is 4.75. The maximum absolute atomic E-state index is 13.8. The number of likely N-dealkylation sites (tertiary alicyclic amines) is 1. The summed E-state index contributed by atoms with van der Waals surface area (Å²) < 4.78 is 26.7. The summed E-state index contributed by atoms with van der Waals surface area (Å²) in [5, 5.41) is 3.48. The molecule has 21 heavy (non-hydrogen) atoms. The first-order chi connectivity index (χ1) is 9.95. The van der Waals surface area contributed by atoms with E-state index in [4.69, 9.17) is 0 Å². The summed E-state index contributed by atoms with van der Waals surface area (Å²) in [5.41, 5.74) is 0.543. The quantitative estimate of drug-likeness (QED) is 0.890. The van der Waals surface area contributed by atoms with E-state index in [1.807, 2.05) is 6.92 Å². The number of rotatable bonds is 5. The van der Waals surface area contributed by atoms with Crippen molar-refractivity contribution in [3.8, 4) is 0 Å². The molecule has 1 aromatic rings. The molecule has 1 N–H and O–H groups in total. The van der Waals surface area contributed by atoms with Gasteiger partial charge in [0, 0.05) is 30.3 Å². The van der Waals surface area contributed by atoms with Gasteiger partial charge in [0.15, 0.2) is 0 Å². The Balaban J connectivity index is 1.85. The Hall–Kier alpha value is -1.00. The van der Waals surface area contributed by atoms with Crippen LogP contribution in [0.4, 0.5) is 8.78 Å². The van der Waals surface area contributed by atoms with Gasteiger partial charge in [-0.1, -0.05) is 19.9 Å². The van der Waals surface area contributed by atoms with E-state index < -0.39 is 11.6 Å². The van der Waals surface area contributed by atoms with E-state index in [0.717, 1.165) is 38.5 Å². The number of piperidine rings is 1. The van der Waals surface area contributed by atoms with Gasteiger partial charge in [-0.05, 0) is 44.8 Å². The highest BCUT2D eigenvalue weighted by Gasteiger charge is 2.22. The summed E-state index contributed by atoms with van der Waals surface area (Å²) in [7, 11) is 0. The summed E-state index contributed by atoms with van der Waals surface area (Å²) in [5.74, 6) is -0.292. The van der Waals surface area contributed by atoms with Crippen LogP contribution in [-0.2, 0) is 0 Å². The zero-order valence-corrected chi connectivity index (χ0v) is 13.2. The van der Waals surface area contributed by atoms with Crippen molar-refractivity contribution in [3.63, 3.8) is 0 Å². The zero-order chi connectivity index (χ0) is 15.4. The lowest BCUT2D eigenvalue weighted by Gasteiger charge is -2.34. The van der Waals surface area contributed by atoms with E-state index in [9.17, 15) is 8.78 Å². The molecule has 1 aliphatic rings. The predicted molar refractivity (Wildman–Crippen MR) is 82.2 cm³/mol. The highest BCUT2D eigenvalue weighted by atomic mass is 19.1. The molecule has 4 heteroatoms. The van der Waals surface area contributed by atoms with E-state index >= 15 is 0 Å². The van der Waals surface area contributed by atoms with E-state index in [-0.39, 0.29) is 6.04 Å². The van der Waals surface area contributed by atoms with Gasteiger partial charge in [-0.25, -0.2) is 8.78 Å². The summed E-state index contributed by atoms with van der Waals surface area (Å²) in [6.07, 6.45) is 2.17. The fourth-order valence-electron chi connectivity index (χ4n) is 3.09. The van der Waals surface area contributed by atoms with Crippen LogP contribution in [0.15, 0.2) is 18.2 Å². The number of halogens is 2. The molecule has 1 aliphatic heterocycles. The zero-order valence-electron chi connectivity index (χ0n) is 13.2. The summed E-state index contributed by atoms with van der Waals surface area (Å²) >= 11 is 0. The second-order valence-corrected chi connectivity index (χ2v) is 6.52. The van der Waals surface area contributed by atoms with Crippen LogP contribution in [0, 0.1) is 17.6 Å². The Morgan fingerprint density at radius 1 is 1.19 bits per heavy atom. The van der Waals surface area contributed by atoms with Crippen LogP contribution in [0.25, 0.3) is 0 Å². The molecule has 0 bridgehead atoms. The minimum atomic E-state index is -0.523. The molecular formula is C17H26F2N2. The van der Waals surface area contributed by atoms with Crippen LogP contribution < -0.4 is 5.32 Å². The molecule has 0 saturated carbocycles. The van der Waals surface area contributed by atoms with Crippen LogP contribution in [0.5, 0.6) is 0 Å². The fraction of sp³-hybridized carbons (Fsp3) is 0.647. The Labute approximate surface area is 126 Å². The first-order valence-electron chi connectivity index (χ1n) is 7.89. The second kappa shape index (κ2) is 7.32. The molecule has 1 saturated heterocycles. The maximum Gasteiger partial charge on any atom is 0.130 e. The number of hydrogen-bond acceptors (Lipinski definition) is 2. The summed E-state index contributed by atoms with van der Waals surface area (Å²) in [6.45, 7) is 9.75. The number of hydrogen-bond donors (Lipinski definition) is 1. The SMILES string of the molecule is CC(C)CN1CCC(NC(C)c2ccc(F)cc2F)CC1. The van der Waals surface area contributed by atoms with Crippen LogP contribution >= 0.6 is 0 Å². The van der Waals surface area contributed by atoms with Gasteiger partial charge >= 0.3 is 0 Å². The van der Waals surface area contributed by atoms with Crippen molar-refractivity contribution >= 4 is 0 Å². The van der Waals surface area contributed by atoms with Gasteiger partial charge < -0.3 is 10.2 Å². The van der Waals surface area contributed by atoms with Crippen LogP contribution in [0.2, 0.25) is 0 Å². The van der Waals surface area contributed by atoms with Crippen LogP contribution in [0.3, 0.4) is 0 Å². The van der Waals surface area contributed by atoms with E-state index in [2.05, 4.69) is 24.1 Å². The lowest BCUT2D eigenvalue weighted by molar-refractivity contribution is 0.175. The number of nitrogens with zero attached hydrogens (tertiary/aromatic N) is 1. The average Bonchev–Trinajstić information content (AvgIpc) is 2.40. The van der Waals surface area contributed by atoms with Gasteiger partial charge in [-0.15, -0.1) is 0 Å². The van der Waals surface area contributed by atoms with Gasteiger partial charge in [0.25, 0.3) is 0 Å². The van der Waals surface area contributed by atoms with Crippen molar-refractivity contribution in [3.05, 3.63) is 35.4 Å². The molecule has 0 aromatic heterocycles. The third-order valence-electron chi connectivity index (χ3n) is 4.13. The third-order valence-corrected chi connectivity index (χ3v) is 4.13. The van der Waals surface area contributed by atoms with Crippen molar-refractivity contribution in [2.45, 2.75) is 45.7 Å². The van der Waals surface area contributed by atoms with E-state index in [1.54, 1.807) is 0 Å². The Bertz CT molecular complexity index is 454. The molecule has 118 valence electrons. The highest BCUT2D eigenvalue weighted by Crippen LogP contribution is 2.21. The average molecular weight is 296 g/mol. The predicted octanol–water partition coefficient (Wildman–Crippen LogP) is 3.74. The molecular weight excluding hydrogens is 270 g/mol. The standard InChI is InChI=1S/C17H26F2N2/c1-12(2)11-21-8-6-15(7-9-21)20-13(3)16-5-4-14(18)10-17(16)19/h4-5,10,12-13,15,20H,6-9,11H2,1-3H3. The largest absolute Gasteiger partial charge is 0.307 e. The molecule has 1 fully saturated rings. The van der Waals surface area contributed by atoms with Gasteiger partial charge in [0.05, 0.1) is 0 Å². The maximum atomic E-state index is 13.8. The topological polar surface area (TPSA) is 15.3 Å². The number of nitrogens with one attached hydrogen (secondary N) is 1. The smallest absolute Gasteiger partial charge is 0.130 e. The Morgan fingerprint density at radius 2 is 1.86 bits per heavy atom. The first kappa shape index (κ1) is 16.4. The molecule has 0 spiro atoms. The molecule has 1 heterocycles. The second-order valence-electron chi connectivity index (χ2n) is 6.52. The van der Waals surface area contributed by atoms with Crippen molar-refractivity contribution in [1.29, 1.82) is 0 Å². The number of benzene rings is 1. The minimum absolute atomic E-state index is 0.0905. The lowest BCUT2D eigenvalue weighted by atomic mass is 10.0. The van der Waals surface area contributed by atoms with Crippen LogP contribution in [-0.4, -0.2) is 30.6 Å².